The molecule has 1 N–H and O–H groups in total. The molecule has 0 saturated carbocycles. The maximum absolute atomic E-state index is 9.87. The Labute approximate surface area is 104 Å². The fourth-order valence-electron chi connectivity index (χ4n) is 2.79. The Kier molecular flexibility index (Phi) is 3.55. The third-order valence-electron chi connectivity index (χ3n) is 3.58. The van der Waals surface area contributed by atoms with Crippen molar-refractivity contribution in [1.29, 1.82) is 0 Å². The molecule has 0 heterocycles. The maximum atomic E-state index is 9.87. The van der Waals surface area contributed by atoms with Gasteiger partial charge in [-0.05, 0) is 51.3 Å². The van der Waals surface area contributed by atoms with Crippen LogP contribution < -0.4 is 0 Å². The number of nitrogens with zero attached hydrogens (tertiary/aromatic N) is 1. The van der Waals surface area contributed by atoms with Crippen LogP contribution in [0.4, 0.5) is 0 Å². The van der Waals surface area contributed by atoms with Gasteiger partial charge in [0.1, 0.15) is 0 Å². The lowest BCUT2D eigenvalue weighted by atomic mass is 9.87. The van der Waals surface area contributed by atoms with Crippen LogP contribution in [0.5, 0.6) is 0 Å². The molecule has 0 saturated heterocycles. The molecule has 2 nitrogen and oxygen atoms in total. The summed E-state index contributed by atoms with van der Waals surface area (Å²) in [5.41, 5.74) is 2.37. The van der Waals surface area contributed by atoms with Gasteiger partial charge in [-0.1, -0.05) is 24.3 Å². The van der Waals surface area contributed by atoms with Gasteiger partial charge in [-0.3, -0.25) is 0 Å². The summed E-state index contributed by atoms with van der Waals surface area (Å²) in [6.45, 7) is 4.49. The van der Waals surface area contributed by atoms with Crippen molar-refractivity contribution >= 4 is 0 Å². The summed E-state index contributed by atoms with van der Waals surface area (Å²) in [6, 6.07) is 9.29. The van der Waals surface area contributed by atoms with Gasteiger partial charge in [0.2, 0.25) is 0 Å². The number of fused-ring (bicyclic) bond motifs is 1. The number of likely N-dealkylation sites (N-methyl/N-ethyl adjacent to an activating group) is 1. The minimum Gasteiger partial charge on any atom is -0.389 e. The Bertz CT molecular complexity index is 381. The van der Waals surface area contributed by atoms with E-state index in [0.29, 0.717) is 6.04 Å². The Morgan fingerprint density at radius 2 is 1.94 bits per heavy atom. The third-order valence-corrected chi connectivity index (χ3v) is 3.58. The second-order valence-corrected chi connectivity index (χ2v) is 5.89. The lowest BCUT2D eigenvalue weighted by Gasteiger charge is -2.35. The standard InChI is InChI=1S/C15H23NO/c1-15(2,17)11-16(3)14-9-8-12-6-4-5-7-13(12)10-14/h4-7,14,17H,8-11H2,1-3H3. The van der Waals surface area contributed by atoms with Crippen LogP contribution in [0.1, 0.15) is 31.4 Å². The number of hydrogen-bond acceptors (Lipinski definition) is 2. The van der Waals surface area contributed by atoms with E-state index in [1.807, 2.05) is 13.8 Å². The van der Waals surface area contributed by atoms with E-state index in [9.17, 15) is 5.11 Å². The van der Waals surface area contributed by atoms with Crippen molar-refractivity contribution < 1.29 is 5.11 Å². The first-order valence-corrected chi connectivity index (χ1v) is 6.45. The number of hydrogen-bond donors (Lipinski definition) is 1. The first kappa shape index (κ1) is 12.6. The van der Waals surface area contributed by atoms with Gasteiger partial charge in [0.15, 0.2) is 0 Å². The summed E-state index contributed by atoms with van der Waals surface area (Å²) in [4.78, 5) is 2.30. The lowest BCUT2D eigenvalue weighted by molar-refractivity contribution is 0.0291. The highest BCUT2D eigenvalue weighted by Gasteiger charge is 2.25. The average molecular weight is 233 g/mol. The molecule has 17 heavy (non-hydrogen) atoms. The second kappa shape index (κ2) is 4.79. The first-order valence-electron chi connectivity index (χ1n) is 6.45. The molecule has 1 aliphatic carbocycles. The normalized spacial score (nSPS) is 20.4. The van der Waals surface area contributed by atoms with Crippen molar-refractivity contribution in [2.75, 3.05) is 13.6 Å². The Hall–Kier alpha value is -0.860. The van der Waals surface area contributed by atoms with Gasteiger partial charge in [0, 0.05) is 12.6 Å². The summed E-state index contributed by atoms with van der Waals surface area (Å²) < 4.78 is 0. The molecule has 1 atom stereocenters. The molecule has 1 aromatic rings. The predicted octanol–water partition coefficient (Wildman–Crippen LogP) is 2.25. The van der Waals surface area contributed by atoms with E-state index in [-0.39, 0.29) is 0 Å². The summed E-state index contributed by atoms with van der Waals surface area (Å²) in [7, 11) is 2.12. The van der Waals surface area contributed by atoms with Gasteiger partial charge in [0.05, 0.1) is 5.60 Å². The fourth-order valence-corrected chi connectivity index (χ4v) is 2.79. The first-order chi connectivity index (χ1) is 7.96. The van der Waals surface area contributed by atoms with Crippen molar-refractivity contribution in [1.82, 2.24) is 4.90 Å². The zero-order valence-electron chi connectivity index (χ0n) is 11.1. The molecule has 2 heteroatoms. The molecule has 94 valence electrons. The van der Waals surface area contributed by atoms with Crippen molar-refractivity contribution in [2.24, 2.45) is 0 Å². The molecule has 1 aliphatic rings. The maximum Gasteiger partial charge on any atom is 0.0718 e. The van der Waals surface area contributed by atoms with E-state index in [2.05, 4.69) is 36.2 Å². The Morgan fingerprint density at radius 3 is 2.59 bits per heavy atom. The van der Waals surface area contributed by atoms with Gasteiger partial charge >= 0.3 is 0 Å². The smallest absolute Gasteiger partial charge is 0.0718 e. The van der Waals surface area contributed by atoms with E-state index in [1.165, 1.54) is 17.5 Å². The van der Waals surface area contributed by atoms with Crippen LogP contribution in [-0.2, 0) is 12.8 Å². The molecule has 0 bridgehead atoms. The van der Waals surface area contributed by atoms with Crippen LogP contribution in [0.2, 0.25) is 0 Å². The van der Waals surface area contributed by atoms with E-state index in [1.54, 1.807) is 0 Å². The molecular formula is C15H23NO. The minimum atomic E-state index is -0.605. The number of rotatable bonds is 3. The zero-order valence-corrected chi connectivity index (χ0v) is 11.1. The van der Waals surface area contributed by atoms with Gasteiger partial charge in [-0.15, -0.1) is 0 Å². The summed E-state index contributed by atoms with van der Waals surface area (Å²) >= 11 is 0. The number of benzene rings is 1. The fraction of sp³-hybridized carbons (Fsp3) is 0.600. The summed E-state index contributed by atoms with van der Waals surface area (Å²) in [5, 5.41) is 9.87. The number of aryl methyl sites for hydroxylation is 1. The average Bonchev–Trinajstić information content (AvgIpc) is 2.26. The van der Waals surface area contributed by atoms with Crippen molar-refractivity contribution in [3.05, 3.63) is 35.4 Å². The summed E-state index contributed by atoms with van der Waals surface area (Å²) in [5.74, 6) is 0. The summed E-state index contributed by atoms with van der Waals surface area (Å²) in [6.07, 6.45) is 3.48. The predicted molar refractivity (Wildman–Crippen MR) is 71.2 cm³/mol. The van der Waals surface area contributed by atoms with Crippen LogP contribution in [0.15, 0.2) is 24.3 Å². The highest BCUT2D eigenvalue weighted by atomic mass is 16.3. The minimum absolute atomic E-state index is 0.566. The molecule has 0 aliphatic heterocycles. The van der Waals surface area contributed by atoms with Crippen LogP contribution in [0.25, 0.3) is 0 Å². The van der Waals surface area contributed by atoms with E-state index in [4.69, 9.17) is 0 Å². The molecule has 1 aromatic carbocycles. The Balaban J connectivity index is 2.02. The molecule has 0 amide bonds. The van der Waals surface area contributed by atoms with Gasteiger partial charge < -0.3 is 10.0 Å². The molecule has 2 rings (SSSR count). The van der Waals surface area contributed by atoms with Gasteiger partial charge in [-0.2, -0.15) is 0 Å². The van der Waals surface area contributed by atoms with Gasteiger partial charge in [0.25, 0.3) is 0 Å². The highest BCUT2D eigenvalue weighted by molar-refractivity contribution is 5.30. The lowest BCUT2D eigenvalue weighted by Crippen LogP contribution is -2.44. The zero-order chi connectivity index (χ0) is 12.5. The molecule has 1 unspecified atom stereocenters. The molecule has 0 aromatic heterocycles. The highest BCUT2D eigenvalue weighted by Crippen LogP contribution is 2.24. The number of aliphatic hydroxyl groups is 1. The van der Waals surface area contributed by atoms with Crippen LogP contribution >= 0.6 is 0 Å². The van der Waals surface area contributed by atoms with Crippen molar-refractivity contribution in [3.63, 3.8) is 0 Å². The largest absolute Gasteiger partial charge is 0.389 e. The molecule has 0 fully saturated rings. The van der Waals surface area contributed by atoms with Crippen LogP contribution in [0.3, 0.4) is 0 Å². The van der Waals surface area contributed by atoms with E-state index >= 15 is 0 Å². The molecular weight excluding hydrogens is 210 g/mol. The van der Waals surface area contributed by atoms with E-state index in [0.717, 1.165) is 19.4 Å². The van der Waals surface area contributed by atoms with Crippen molar-refractivity contribution in [3.8, 4) is 0 Å². The quantitative estimate of drug-likeness (QED) is 0.865. The monoisotopic (exact) mass is 233 g/mol. The van der Waals surface area contributed by atoms with Crippen LogP contribution in [-0.4, -0.2) is 35.2 Å². The van der Waals surface area contributed by atoms with E-state index < -0.39 is 5.60 Å². The molecule has 0 radical (unpaired) electrons. The van der Waals surface area contributed by atoms with Gasteiger partial charge in [-0.25, -0.2) is 0 Å². The topological polar surface area (TPSA) is 23.5 Å². The van der Waals surface area contributed by atoms with Crippen LogP contribution in [0, 0.1) is 0 Å². The molecule has 0 spiro atoms. The van der Waals surface area contributed by atoms with Crippen molar-refractivity contribution in [2.45, 2.75) is 44.8 Å². The third kappa shape index (κ3) is 3.30. The SMILES string of the molecule is CN(CC(C)(C)O)C1CCc2ccccc2C1. The Morgan fingerprint density at radius 1 is 1.29 bits per heavy atom. The second-order valence-electron chi connectivity index (χ2n) is 5.89.